The highest BCUT2D eigenvalue weighted by Crippen LogP contribution is 2.18. The van der Waals surface area contributed by atoms with E-state index in [0.717, 1.165) is 5.56 Å². The minimum Gasteiger partial charge on any atom is -0.318 e. The third kappa shape index (κ3) is 2.70. The van der Waals surface area contributed by atoms with Crippen molar-refractivity contribution in [1.29, 1.82) is 0 Å². The van der Waals surface area contributed by atoms with Crippen molar-refractivity contribution in [3.63, 3.8) is 0 Å². The lowest BCUT2D eigenvalue weighted by Gasteiger charge is -2.16. The number of amides is 2. The van der Waals surface area contributed by atoms with Gasteiger partial charge in [0.15, 0.2) is 0 Å². The maximum Gasteiger partial charge on any atom is 0.335 e. The number of benzene rings is 1. The Kier molecular flexibility index (Phi) is 3.26. The summed E-state index contributed by atoms with van der Waals surface area (Å²) < 4.78 is 22.8. The first-order valence-corrected chi connectivity index (χ1v) is 7.30. The maximum absolute atomic E-state index is 11.7. The zero-order valence-electron chi connectivity index (χ0n) is 8.91. The highest BCUT2D eigenvalue weighted by atomic mass is 35.7. The van der Waals surface area contributed by atoms with E-state index in [1.165, 1.54) is 4.90 Å². The fourth-order valence-electron chi connectivity index (χ4n) is 1.71. The number of rotatable bonds is 3. The molecule has 1 aromatic carbocycles. The monoisotopic (exact) mass is 274 g/mol. The molecule has 1 fully saturated rings. The summed E-state index contributed by atoms with van der Waals surface area (Å²) in [4.78, 5) is 13.2. The Morgan fingerprint density at radius 1 is 1.18 bits per heavy atom. The highest BCUT2D eigenvalue weighted by molar-refractivity contribution is 8.12. The van der Waals surface area contributed by atoms with E-state index >= 15 is 0 Å². The SMILES string of the molecule is O=C1N(Cc2ccccc2)CCN1S(=O)(=O)Cl. The fourth-order valence-corrected chi connectivity index (χ4v) is 2.70. The van der Waals surface area contributed by atoms with Crippen LogP contribution in [0.3, 0.4) is 0 Å². The molecule has 5 nitrogen and oxygen atoms in total. The summed E-state index contributed by atoms with van der Waals surface area (Å²) in [6, 6.07) is 8.81. The van der Waals surface area contributed by atoms with Crippen LogP contribution in [0.2, 0.25) is 0 Å². The average Bonchev–Trinajstić information content (AvgIpc) is 2.61. The molecule has 0 aromatic heterocycles. The Balaban J connectivity index is 2.09. The van der Waals surface area contributed by atoms with Crippen LogP contribution >= 0.6 is 10.7 Å². The lowest BCUT2D eigenvalue weighted by atomic mass is 10.2. The smallest absolute Gasteiger partial charge is 0.318 e. The van der Waals surface area contributed by atoms with Gasteiger partial charge in [-0.15, -0.1) is 0 Å². The molecule has 7 heteroatoms. The van der Waals surface area contributed by atoms with Gasteiger partial charge in [0.2, 0.25) is 0 Å². The predicted molar refractivity (Wildman–Crippen MR) is 63.7 cm³/mol. The Hall–Kier alpha value is -1.27. The minimum absolute atomic E-state index is 0.109. The largest absolute Gasteiger partial charge is 0.335 e. The van der Waals surface area contributed by atoms with Crippen LogP contribution in [-0.4, -0.2) is 36.7 Å². The molecule has 1 aliphatic heterocycles. The molecule has 0 aliphatic carbocycles. The molecule has 0 N–H and O–H groups in total. The fraction of sp³-hybridized carbons (Fsp3) is 0.300. The third-order valence-corrected chi connectivity index (χ3v) is 3.90. The number of halogens is 1. The molecule has 0 bridgehead atoms. The third-order valence-electron chi connectivity index (χ3n) is 2.54. The first-order valence-electron chi connectivity index (χ1n) is 5.03. The summed E-state index contributed by atoms with van der Waals surface area (Å²) in [7, 11) is 1.19. The Labute approximate surface area is 104 Å². The number of hydrogen-bond acceptors (Lipinski definition) is 3. The van der Waals surface area contributed by atoms with E-state index in [1.807, 2.05) is 30.3 Å². The quantitative estimate of drug-likeness (QED) is 0.783. The van der Waals surface area contributed by atoms with Gasteiger partial charge in [0, 0.05) is 23.8 Å². The minimum atomic E-state index is -3.96. The van der Waals surface area contributed by atoms with Gasteiger partial charge in [-0.1, -0.05) is 30.3 Å². The van der Waals surface area contributed by atoms with Gasteiger partial charge >= 0.3 is 15.3 Å². The van der Waals surface area contributed by atoms with Crippen molar-refractivity contribution in [2.75, 3.05) is 13.1 Å². The molecule has 17 heavy (non-hydrogen) atoms. The summed E-state index contributed by atoms with van der Waals surface area (Å²) in [6.07, 6.45) is 0. The second kappa shape index (κ2) is 4.54. The van der Waals surface area contributed by atoms with Crippen molar-refractivity contribution >= 4 is 26.0 Å². The van der Waals surface area contributed by atoms with Gasteiger partial charge in [-0.2, -0.15) is 8.42 Å². The van der Waals surface area contributed by atoms with Gasteiger partial charge in [-0.25, -0.2) is 9.10 Å². The highest BCUT2D eigenvalue weighted by Gasteiger charge is 2.35. The van der Waals surface area contributed by atoms with E-state index in [1.54, 1.807) is 0 Å². The maximum atomic E-state index is 11.7. The van der Waals surface area contributed by atoms with Gasteiger partial charge in [-0.05, 0) is 5.56 Å². The van der Waals surface area contributed by atoms with Gasteiger partial charge in [-0.3, -0.25) is 0 Å². The molecular weight excluding hydrogens is 264 g/mol. The topological polar surface area (TPSA) is 57.7 Å². The van der Waals surface area contributed by atoms with Crippen molar-refractivity contribution in [2.24, 2.45) is 0 Å². The van der Waals surface area contributed by atoms with E-state index in [2.05, 4.69) is 0 Å². The van der Waals surface area contributed by atoms with Gasteiger partial charge in [0.05, 0.1) is 6.54 Å². The molecule has 0 atom stereocenters. The van der Waals surface area contributed by atoms with E-state index in [-0.39, 0.29) is 6.54 Å². The molecule has 0 unspecified atom stereocenters. The van der Waals surface area contributed by atoms with Crippen molar-refractivity contribution in [3.05, 3.63) is 35.9 Å². The number of nitrogens with zero attached hydrogens (tertiary/aromatic N) is 2. The number of carbonyl (C=O) groups is 1. The Morgan fingerprint density at radius 3 is 2.35 bits per heavy atom. The first kappa shape index (κ1) is 12.2. The second-order valence-electron chi connectivity index (χ2n) is 3.70. The van der Waals surface area contributed by atoms with Crippen molar-refractivity contribution in [1.82, 2.24) is 9.21 Å². The summed E-state index contributed by atoms with van der Waals surface area (Å²) in [5.41, 5.74) is 0.953. The van der Waals surface area contributed by atoms with E-state index in [9.17, 15) is 13.2 Å². The van der Waals surface area contributed by atoms with Crippen molar-refractivity contribution in [3.8, 4) is 0 Å². The van der Waals surface area contributed by atoms with Crippen molar-refractivity contribution in [2.45, 2.75) is 6.54 Å². The van der Waals surface area contributed by atoms with Crippen LogP contribution in [0.1, 0.15) is 5.56 Å². The summed E-state index contributed by atoms with van der Waals surface area (Å²) >= 11 is 0. The first-order chi connectivity index (χ1) is 7.98. The lowest BCUT2D eigenvalue weighted by Crippen LogP contribution is -2.33. The van der Waals surface area contributed by atoms with Gasteiger partial charge < -0.3 is 4.90 Å². The van der Waals surface area contributed by atoms with Crippen LogP contribution < -0.4 is 0 Å². The Bertz CT molecular complexity index is 518. The van der Waals surface area contributed by atoms with Crippen LogP contribution in [0.25, 0.3) is 0 Å². The molecule has 92 valence electrons. The normalized spacial score (nSPS) is 16.6. The van der Waals surface area contributed by atoms with Gasteiger partial charge in [0.1, 0.15) is 0 Å². The van der Waals surface area contributed by atoms with Crippen molar-refractivity contribution < 1.29 is 13.2 Å². The molecule has 2 amide bonds. The standard InChI is InChI=1S/C10H11ClN2O3S/c11-17(15,16)13-7-6-12(10(13)14)8-9-4-2-1-3-5-9/h1-5H,6-8H2. The molecule has 1 heterocycles. The summed E-state index contributed by atoms with van der Waals surface area (Å²) in [5.74, 6) is 0. The Morgan fingerprint density at radius 2 is 1.82 bits per heavy atom. The molecule has 0 spiro atoms. The number of hydrogen-bond donors (Lipinski definition) is 0. The molecule has 1 aliphatic rings. The summed E-state index contributed by atoms with van der Waals surface area (Å²) in [6.45, 7) is 0.861. The molecular formula is C10H11ClN2O3S. The molecule has 1 aromatic rings. The molecule has 0 saturated carbocycles. The number of urea groups is 1. The van der Waals surface area contributed by atoms with Gasteiger partial charge in [0.25, 0.3) is 0 Å². The predicted octanol–water partition coefficient (Wildman–Crippen LogP) is 1.41. The number of carbonyl (C=O) groups excluding carboxylic acids is 1. The summed E-state index contributed by atoms with van der Waals surface area (Å²) in [5, 5.41) is 0. The second-order valence-corrected chi connectivity index (χ2v) is 6.14. The van der Waals surface area contributed by atoms with E-state index in [4.69, 9.17) is 10.7 Å². The molecule has 0 radical (unpaired) electrons. The van der Waals surface area contributed by atoms with Crippen LogP contribution in [0.15, 0.2) is 30.3 Å². The van der Waals surface area contributed by atoms with Crippen LogP contribution in [0, 0.1) is 0 Å². The van der Waals surface area contributed by atoms with Crippen LogP contribution in [0.4, 0.5) is 4.79 Å². The average molecular weight is 275 g/mol. The van der Waals surface area contributed by atoms with E-state index in [0.29, 0.717) is 17.4 Å². The zero-order chi connectivity index (χ0) is 12.5. The zero-order valence-corrected chi connectivity index (χ0v) is 10.5. The lowest BCUT2D eigenvalue weighted by molar-refractivity contribution is 0.205. The van der Waals surface area contributed by atoms with E-state index < -0.39 is 15.3 Å². The van der Waals surface area contributed by atoms with Crippen LogP contribution in [-0.2, 0) is 15.8 Å². The van der Waals surface area contributed by atoms with Crippen LogP contribution in [0.5, 0.6) is 0 Å². The molecule has 2 rings (SSSR count). The molecule has 1 saturated heterocycles.